The number of hydrogen-bond acceptors (Lipinski definition) is 4. The zero-order chi connectivity index (χ0) is 31.9. The van der Waals surface area contributed by atoms with Gasteiger partial charge in [0.15, 0.2) is 0 Å². The minimum atomic E-state index is -0.522. The van der Waals surface area contributed by atoms with Crippen LogP contribution in [0.1, 0.15) is 68.9 Å². The predicted octanol–water partition coefficient (Wildman–Crippen LogP) is 8.50. The number of benzene rings is 3. The molecule has 3 aromatic rings. The average molecular weight is 645 g/mol. The van der Waals surface area contributed by atoms with E-state index in [1.165, 1.54) is 0 Å². The zero-order valence-corrected chi connectivity index (χ0v) is 27.9. The molecule has 0 saturated carbocycles. The standard InChI is InChI=1S/C24H28ClN3O3.C6H5Cl.C4H10S/c1-15(2)14-28-21(16-3-8-19(25)9-4-16)12-7-18(24(28)31)13-22(29)27-20-10-5-17(6-11-20)23(26)30;7-6-4-2-1-3-5-6;1-4(2)5-3/h3-6,8-11,15,18,21H,7,12-14H2,1-2H3,(H2,26,30)(H,27,29);1-5H;4H,1-3H3. The summed E-state index contributed by atoms with van der Waals surface area (Å²) in [6, 6.07) is 23.4. The summed E-state index contributed by atoms with van der Waals surface area (Å²) in [4.78, 5) is 38.9. The van der Waals surface area contributed by atoms with Crippen molar-refractivity contribution in [3.05, 3.63) is 100 Å². The van der Waals surface area contributed by atoms with Crippen LogP contribution in [0.15, 0.2) is 78.9 Å². The molecule has 232 valence electrons. The van der Waals surface area contributed by atoms with Crippen LogP contribution in [0, 0.1) is 11.8 Å². The van der Waals surface area contributed by atoms with Gasteiger partial charge in [0.25, 0.3) is 0 Å². The summed E-state index contributed by atoms with van der Waals surface area (Å²) in [5, 5.41) is 5.07. The maximum absolute atomic E-state index is 13.3. The number of primary amides is 1. The number of likely N-dealkylation sites (tertiary alicyclic amines) is 1. The maximum Gasteiger partial charge on any atom is 0.248 e. The van der Waals surface area contributed by atoms with Crippen molar-refractivity contribution in [1.29, 1.82) is 0 Å². The third-order valence-corrected chi connectivity index (χ3v) is 8.15. The van der Waals surface area contributed by atoms with Gasteiger partial charge >= 0.3 is 0 Å². The molecule has 43 heavy (non-hydrogen) atoms. The number of hydrogen-bond donors (Lipinski definition) is 2. The van der Waals surface area contributed by atoms with Crippen LogP contribution < -0.4 is 11.1 Å². The maximum atomic E-state index is 13.3. The molecule has 0 spiro atoms. The summed E-state index contributed by atoms with van der Waals surface area (Å²) >= 11 is 13.4. The first-order valence-corrected chi connectivity index (χ1v) is 16.4. The molecule has 1 saturated heterocycles. The lowest BCUT2D eigenvalue weighted by molar-refractivity contribution is -0.144. The number of amides is 3. The topological polar surface area (TPSA) is 92.5 Å². The highest BCUT2D eigenvalue weighted by Crippen LogP contribution is 2.36. The fourth-order valence-electron chi connectivity index (χ4n) is 4.43. The van der Waals surface area contributed by atoms with Gasteiger partial charge in [-0.25, -0.2) is 0 Å². The summed E-state index contributed by atoms with van der Waals surface area (Å²) in [7, 11) is 0. The summed E-state index contributed by atoms with van der Waals surface area (Å²) < 4.78 is 0. The number of anilines is 1. The largest absolute Gasteiger partial charge is 0.366 e. The number of nitrogens with zero attached hydrogens (tertiary/aromatic N) is 1. The summed E-state index contributed by atoms with van der Waals surface area (Å²) in [5.41, 5.74) is 7.24. The zero-order valence-electron chi connectivity index (χ0n) is 25.6. The lowest BCUT2D eigenvalue weighted by Gasteiger charge is -2.40. The number of carbonyl (C=O) groups excluding carboxylic acids is 3. The Morgan fingerprint density at radius 3 is 1.93 bits per heavy atom. The molecule has 4 rings (SSSR count). The van der Waals surface area contributed by atoms with E-state index in [0.717, 1.165) is 22.3 Å². The molecule has 1 aliphatic rings. The molecule has 1 heterocycles. The van der Waals surface area contributed by atoms with Crippen LogP contribution >= 0.6 is 35.0 Å². The average Bonchev–Trinajstić information content (AvgIpc) is 2.97. The van der Waals surface area contributed by atoms with Gasteiger partial charge in [0, 0.05) is 40.2 Å². The second kappa shape index (κ2) is 18.6. The number of piperidine rings is 1. The molecule has 2 unspecified atom stereocenters. The molecular weight excluding hydrogens is 601 g/mol. The highest BCUT2D eigenvalue weighted by molar-refractivity contribution is 7.99. The molecule has 0 aromatic heterocycles. The molecule has 3 N–H and O–H groups in total. The van der Waals surface area contributed by atoms with E-state index in [0.29, 0.717) is 35.2 Å². The molecule has 3 amide bonds. The number of nitrogens with one attached hydrogen (secondary N) is 1. The van der Waals surface area contributed by atoms with Gasteiger partial charge in [-0.3, -0.25) is 14.4 Å². The first-order valence-electron chi connectivity index (χ1n) is 14.4. The Kier molecular flexibility index (Phi) is 15.7. The molecule has 2 atom stereocenters. The lowest BCUT2D eigenvalue weighted by atomic mass is 9.85. The normalized spacial score (nSPS) is 16.1. The van der Waals surface area contributed by atoms with Gasteiger partial charge in [-0.05, 0) is 84.4 Å². The van der Waals surface area contributed by atoms with Crippen molar-refractivity contribution in [2.75, 3.05) is 18.1 Å². The van der Waals surface area contributed by atoms with E-state index in [1.807, 2.05) is 71.3 Å². The molecule has 6 nitrogen and oxygen atoms in total. The van der Waals surface area contributed by atoms with E-state index >= 15 is 0 Å². The smallest absolute Gasteiger partial charge is 0.248 e. The minimum Gasteiger partial charge on any atom is -0.366 e. The van der Waals surface area contributed by atoms with Gasteiger partial charge in [-0.2, -0.15) is 11.8 Å². The van der Waals surface area contributed by atoms with Crippen LogP contribution in [0.4, 0.5) is 5.69 Å². The number of carbonyl (C=O) groups is 3. The van der Waals surface area contributed by atoms with E-state index < -0.39 is 5.91 Å². The Morgan fingerprint density at radius 1 is 0.907 bits per heavy atom. The SMILES string of the molecule is CC(C)CN1C(=O)C(CC(=O)Nc2ccc(C(N)=O)cc2)CCC1c1ccc(Cl)cc1.CSC(C)C.Clc1ccccc1. The van der Waals surface area contributed by atoms with Crippen LogP contribution in [0.3, 0.4) is 0 Å². The van der Waals surface area contributed by atoms with Crippen molar-refractivity contribution in [1.82, 2.24) is 4.90 Å². The van der Waals surface area contributed by atoms with Gasteiger partial charge in [0.05, 0.1) is 6.04 Å². The number of nitrogens with two attached hydrogens (primary N) is 1. The molecule has 3 aromatic carbocycles. The highest BCUT2D eigenvalue weighted by atomic mass is 35.5. The van der Waals surface area contributed by atoms with Gasteiger partial charge in [0.2, 0.25) is 17.7 Å². The van der Waals surface area contributed by atoms with Crippen molar-refractivity contribution in [3.8, 4) is 0 Å². The molecule has 1 aliphatic heterocycles. The van der Waals surface area contributed by atoms with Gasteiger partial charge in [-0.15, -0.1) is 0 Å². The second-order valence-corrected chi connectivity index (χ2v) is 13.3. The summed E-state index contributed by atoms with van der Waals surface area (Å²) in [6.45, 7) is 9.17. The van der Waals surface area contributed by atoms with Crippen LogP contribution in [-0.4, -0.2) is 40.7 Å². The summed E-state index contributed by atoms with van der Waals surface area (Å²) in [6.07, 6.45) is 3.68. The van der Waals surface area contributed by atoms with Crippen LogP contribution in [0.2, 0.25) is 10.0 Å². The van der Waals surface area contributed by atoms with E-state index in [9.17, 15) is 14.4 Å². The fourth-order valence-corrected chi connectivity index (χ4v) is 4.70. The minimum absolute atomic E-state index is 0.00665. The van der Waals surface area contributed by atoms with E-state index in [1.54, 1.807) is 24.3 Å². The Hall–Kier alpha value is -3.00. The third kappa shape index (κ3) is 13.0. The molecule has 0 aliphatic carbocycles. The van der Waals surface area contributed by atoms with E-state index in [4.69, 9.17) is 28.9 Å². The number of rotatable bonds is 8. The quantitative estimate of drug-likeness (QED) is 0.257. The summed E-state index contributed by atoms with van der Waals surface area (Å²) in [5.74, 6) is -0.771. The van der Waals surface area contributed by atoms with Crippen molar-refractivity contribution >= 4 is 58.4 Å². The fraction of sp³-hybridized carbons (Fsp3) is 0.382. The van der Waals surface area contributed by atoms with Crippen molar-refractivity contribution in [2.24, 2.45) is 17.6 Å². The number of halogens is 2. The van der Waals surface area contributed by atoms with E-state index in [-0.39, 0.29) is 30.2 Å². The molecular formula is C34H43Cl2N3O3S. The Balaban J connectivity index is 0.000000447. The third-order valence-electron chi connectivity index (χ3n) is 6.70. The van der Waals surface area contributed by atoms with Gasteiger partial charge in [0.1, 0.15) is 0 Å². The van der Waals surface area contributed by atoms with Crippen molar-refractivity contribution < 1.29 is 14.4 Å². The lowest BCUT2D eigenvalue weighted by Crippen LogP contribution is -2.45. The first-order chi connectivity index (χ1) is 20.4. The van der Waals surface area contributed by atoms with Crippen LogP contribution in [-0.2, 0) is 9.59 Å². The first kappa shape index (κ1) is 36.2. The van der Waals surface area contributed by atoms with Crippen LogP contribution in [0.25, 0.3) is 0 Å². The molecule has 0 bridgehead atoms. The van der Waals surface area contributed by atoms with Crippen molar-refractivity contribution in [2.45, 2.75) is 58.2 Å². The number of thioether (sulfide) groups is 1. The van der Waals surface area contributed by atoms with Crippen LogP contribution in [0.5, 0.6) is 0 Å². The van der Waals surface area contributed by atoms with E-state index in [2.05, 4.69) is 39.3 Å². The monoisotopic (exact) mass is 643 g/mol. The molecule has 0 radical (unpaired) electrons. The molecule has 9 heteroatoms. The Labute approximate surface area is 270 Å². The van der Waals surface area contributed by atoms with Gasteiger partial charge in [-0.1, -0.05) is 81.2 Å². The second-order valence-electron chi connectivity index (χ2n) is 11.0. The predicted molar refractivity (Wildman–Crippen MR) is 182 cm³/mol. The Morgan fingerprint density at radius 2 is 1.47 bits per heavy atom. The Bertz CT molecular complexity index is 1290. The van der Waals surface area contributed by atoms with Gasteiger partial charge < -0.3 is 16.0 Å². The highest BCUT2D eigenvalue weighted by Gasteiger charge is 2.37. The van der Waals surface area contributed by atoms with Crippen molar-refractivity contribution in [3.63, 3.8) is 0 Å². The molecule has 1 fully saturated rings.